The van der Waals surface area contributed by atoms with Crippen molar-refractivity contribution in [3.63, 3.8) is 0 Å². The molecule has 3 nitrogen and oxygen atoms in total. The molecule has 0 spiro atoms. The average molecular weight is 275 g/mol. The first-order valence-corrected chi connectivity index (χ1v) is 8.43. The Morgan fingerprint density at radius 3 is 2.60 bits per heavy atom. The van der Waals surface area contributed by atoms with Crippen LogP contribution in [0.5, 0.6) is 0 Å². The molecule has 0 radical (unpaired) electrons. The fraction of sp³-hybridized carbons (Fsp3) is 0.824. The SMILES string of the molecule is CCCNC(Cc1cc(C)nn1C)C1C2CCCCC21. The third kappa shape index (κ3) is 2.78. The van der Waals surface area contributed by atoms with Crippen molar-refractivity contribution in [2.24, 2.45) is 24.8 Å². The van der Waals surface area contributed by atoms with E-state index in [1.165, 1.54) is 37.8 Å². The highest BCUT2D eigenvalue weighted by Crippen LogP contribution is 2.57. The molecule has 20 heavy (non-hydrogen) atoms. The van der Waals surface area contributed by atoms with Gasteiger partial charge in [-0.25, -0.2) is 0 Å². The minimum Gasteiger partial charge on any atom is -0.313 e. The molecular weight excluding hydrogens is 246 g/mol. The zero-order valence-corrected chi connectivity index (χ0v) is 13.2. The zero-order valence-electron chi connectivity index (χ0n) is 13.2. The topological polar surface area (TPSA) is 29.9 Å². The van der Waals surface area contributed by atoms with E-state index in [-0.39, 0.29) is 0 Å². The van der Waals surface area contributed by atoms with Crippen LogP contribution >= 0.6 is 0 Å². The van der Waals surface area contributed by atoms with E-state index in [0.717, 1.165) is 36.4 Å². The van der Waals surface area contributed by atoms with Gasteiger partial charge in [0.1, 0.15) is 0 Å². The molecule has 3 atom stereocenters. The van der Waals surface area contributed by atoms with Crippen molar-refractivity contribution in [3.8, 4) is 0 Å². The standard InChI is InChI=1S/C17H29N3/c1-4-9-18-16(11-13-10-12(2)19-20(13)3)17-14-7-5-6-8-15(14)17/h10,14-18H,4-9,11H2,1-3H3. The lowest BCUT2D eigenvalue weighted by atomic mass is 10.0. The number of rotatable bonds is 6. The first-order chi connectivity index (χ1) is 9.70. The minimum absolute atomic E-state index is 0.665. The van der Waals surface area contributed by atoms with Crippen molar-refractivity contribution >= 4 is 0 Å². The van der Waals surface area contributed by atoms with Gasteiger partial charge in [0.25, 0.3) is 0 Å². The van der Waals surface area contributed by atoms with E-state index in [4.69, 9.17) is 0 Å². The van der Waals surface area contributed by atoms with Gasteiger partial charge in [-0.3, -0.25) is 4.68 Å². The first-order valence-electron chi connectivity index (χ1n) is 8.43. The quantitative estimate of drug-likeness (QED) is 0.864. The van der Waals surface area contributed by atoms with Gasteiger partial charge in [-0.1, -0.05) is 19.8 Å². The van der Waals surface area contributed by atoms with Crippen LogP contribution < -0.4 is 5.32 Å². The smallest absolute Gasteiger partial charge is 0.0596 e. The van der Waals surface area contributed by atoms with Gasteiger partial charge in [-0.05, 0) is 56.6 Å². The third-order valence-electron chi connectivity index (χ3n) is 5.37. The molecule has 0 amide bonds. The molecule has 3 unspecified atom stereocenters. The molecular formula is C17H29N3. The molecule has 1 aromatic rings. The average Bonchev–Trinajstić information content (AvgIpc) is 3.07. The lowest BCUT2D eigenvalue weighted by Gasteiger charge is -2.19. The summed E-state index contributed by atoms with van der Waals surface area (Å²) in [5, 5.41) is 8.34. The molecule has 1 aromatic heterocycles. The Bertz CT molecular complexity index is 439. The highest BCUT2D eigenvalue weighted by Gasteiger charge is 2.53. The number of hydrogen-bond acceptors (Lipinski definition) is 2. The van der Waals surface area contributed by atoms with E-state index in [9.17, 15) is 0 Å². The van der Waals surface area contributed by atoms with Crippen LogP contribution in [0, 0.1) is 24.7 Å². The molecule has 2 aliphatic rings. The Kier molecular flexibility index (Phi) is 4.16. The maximum Gasteiger partial charge on any atom is 0.0596 e. The number of hydrogen-bond donors (Lipinski definition) is 1. The molecule has 112 valence electrons. The van der Waals surface area contributed by atoms with Crippen LogP contribution in [0.15, 0.2) is 6.07 Å². The van der Waals surface area contributed by atoms with Gasteiger partial charge in [0.15, 0.2) is 0 Å². The van der Waals surface area contributed by atoms with Crippen molar-refractivity contribution < 1.29 is 0 Å². The number of nitrogens with one attached hydrogen (secondary N) is 1. The molecule has 0 aliphatic heterocycles. The van der Waals surface area contributed by atoms with Crippen molar-refractivity contribution in [1.82, 2.24) is 15.1 Å². The van der Waals surface area contributed by atoms with Gasteiger partial charge in [-0.2, -0.15) is 5.10 Å². The van der Waals surface area contributed by atoms with Crippen molar-refractivity contribution in [2.75, 3.05) is 6.54 Å². The maximum atomic E-state index is 4.50. The molecule has 2 aliphatic carbocycles. The fourth-order valence-electron chi connectivity index (χ4n) is 4.40. The van der Waals surface area contributed by atoms with E-state index in [1.54, 1.807) is 0 Å². The molecule has 0 saturated heterocycles. The highest BCUT2D eigenvalue weighted by atomic mass is 15.3. The molecule has 1 heterocycles. The van der Waals surface area contributed by atoms with Gasteiger partial charge in [-0.15, -0.1) is 0 Å². The molecule has 2 fully saturated rings. The van der Waals surface area contributed by atoms with Crippen LogP contribution in [0.4, 0.5) is 0 Å². The molecule has 0 aromatic carbocycles. The predicted octanol–water partition coefficient (Wildman–Crippen LogP) is 3.08. The first kappa shape index (κ1) is 14.1. The van der Waals surface area contributed by atoms with Gasteiger partial charge < -0.3 is 5.32 Å². The summed E-state index contributed by atoms with van der Waals surface area (Å²) >= 11 is 0. The second-order valence-electron chi connectivity index (χ2n) is 6.85. The summed E-state index contributed by atoms with van der Waals surface area (Å²) in [6.45, 7) is 5.50. The normalized spacial score (nSPS) is 30.1. The Morgan fingerprint density at radius 1 is 1.35 bits per heavy atom. The second kappa shape index (κ2) is 5.88. The van der Waals surface area contributed by atoms with E-state index in [2.05, 4.69) is 42.1 Å². The number of aryl methyl sites for hydroxylation is 2. The van der Waals surface area contributed by atoms with Crippen LogP contribution in [0.2, 0.25) is 0 Å². The minimum atomic E-state index is 0.665. The van der Waals surface area contributed by atoms with Crippen LogP contribution in [0.25, 0.3) is 0 Å². The summed E-state index contributed by atoms with van der Waals surface area (Å²) < 4.78 is 2.07. The summed E-state index contributed by atoms with van der Waals surface area (Å²) in [6, 6.07) is 2.92. The maximum absolute atomic E-state index is 4.50. The molecule has 1 N–H and O–H groups in total. The highest BCUT2D eigenvalue weighted by molar-refractivity contribution is 5.13. The van der Waals surface area contributed by atoms with Gasteiger partial charge in [0, 0.05) is 25.2 Å². The Labute approximate surface area is 123 Å². The molecule has 2 saturated carbocycles. The number of nitrogens with zero attached hydrogens (tertiary/aromatic N) is 2. The monoisotopic (exact) mass is 275 g/mol. The second-order valence-corrected chi connectivity index (χ2v) is 6.85. The van der Waals surface area contributed by atoms with E-state index >= 15 is 0 Å². The zero-order chi connectivity index (χ0) is 14.1. The van der Waals surface area contributed by atoms with Crippen molar-refractivity contribution in [1.29, 1.82) is 0 Å². The molecule has 0 bridgehead atoms. The Balaban J connectivity index is 1.68. The van der Waals surface area contributed by atoms with Crippen LogP contribution in [-0.2, 0) is 13.5 Å². The van der Waals surface area contributed by atoms with Gasteiger partial charge in [0.05, 0.1) is 5.69 Å². The van der Waals surface area contributed by atoms with Crippen LogP contribution in [-0.4, -0.2) is 22.4 Å². The lowest BCUT2D eigenvalue weighted by molar-refractivity contribution is 0.419. The van der Waals surface area contributed by atoms with E-state index in [0.29, 0.717) is 6.04 Å². The van der Waals surface area contributed by atoms with E-state index < -0.39 is 0 Å². The van der Waals surface area contributed by atoms with E-state index in [1.807, 2.05) is 0 Å². The third-order valence-corrected chi connectivity index (χ3v) is 5.37. The van der Waals surface area contributed by atoms with Crippen LogP contribution in [0.1, 0.15) is 50.4 Å². The van der Waals surface area contributed by atoms with Gasteiger partial charge in [0.2, 0.25) is 0 Å². The Morgan fingerprint density at radius 2 is 2.05 bits per heavy atom. The van der Waals surface area contributed by atoms with Crippen molar-refractivity contribution in [2.45, 2.75) is 58.4 Å². The summed E-state index contributed by atoms with van der Waals surface area (Å²) in [7, 11) is 2.08. The summed E-state index contributed by atoms with van der Waals surface area (Å²) in [5.74, 6) is 2.97. The number of fused-ring (bicyclic) bond motifs is 1. The summed E-state index contributed by atoms with van der Waals surface area (Å²) in [4.78, 5) is 0. The molecule has 3 rings (SSSR count). The largest absolute Gasteiger partial charge is 0.313 e. The van der Waals surface area contributed by atoms with Crippen molar-refractivity contribution in [3.05, 3.63) is 17.5 Å². The van der Waals surface area contributed by atoms with Crippen LogP contribution in [0.3, 0.4) is 0 Å². The molecule has 3 heteroatoms. The van der Waals surface area contributed by atoms with Gasteiger partial charge >= 0.3 is 0 Å². The summed E-state index contributed by atoms with van der Waals surface area (Å²) in [6.07, 6.45) is 8.25. The fourth-order valence-corrected chi connectivity index (χ4v) is 4.40. The Hall–Kier alpha value is -0.830. The number of aromatic nitrogens is 2. The summed E-state index contributed by atoms with van der Waals surface area (Å²) in [5.41, 5.74) is 2.53. The predicted molar refractivity (Wildman–Crippen MR) is 82.7 cm³/mol. The lowest BCUT2D eigenvalue weighted by Crippen LogP contribution is -2.35.